The largest absolute Gasteiger partial charge is 0.486 e. The average molecular weight is 468 g/mol. The third-order valence-corrected chi connectivity index (χ3v) is 5.41. The number of carbonyl (C=O) groups is 1. The number of fused-ring (bicyclic) bond motifs is 1. The average Bonchev–Trinajstić information content (AvgIpc) is 2.65. The molecule has 28 heavy (non-hydrogen) atoms. The zero-order valence-electron chi connectivity index (χ0n) is 15.0. The molecule has 0 aliphatic carbocycles. The molecule has 2 aromatic carbocycles. The molecule has 1 aliphatic rings. The van der Waals surface area contributed by atoms with Crippen molar-refractivity contribution >= 4 is 43.8 Å². The maximum atomic E-state index is 12.2. The lowest BCUT2D eigenvalue weighted by Gasteiger charge is -2.21. The Morgan fingerprint density at radius 2 is 2.00 bits per heavy atom. The van der Waals surface area contributed by atoms with Gasteiger partial charge in [-0.1, -0.05) is 28.1 Å². The van der Waals surface area contributed by atoms with Crippen LogP contribution in [0.5, 0.6) is 11.5 Å². The van der Waals surface area contributed by atoms with Crippen LogP contribution in [0.3, 0.4) is 0 Å². The monoisotopic (exact) mass is 467 g/mol. The molecule has 0 atom stereocenters. The van der Waals surface area contributed by atoms with Gasteiger partial charge in [-0.2, -0.15) is 5.10 Å². The van der Waals surface area contributed by atoms with Crippen LogP contribution in [0.4, 0.5) is 5.69 Å². The number of benzene rings is 2. The Kier molecular flexibility index (Phi) is 6.20. The predicted octanol–water partition coefficient (Wildman–Crippen LogP) is 2.14. The van der Waals surface area contributed by atoms with Crippen molar-refractivity contribution in [2.45, 2.75) is 0 Å². The molecule has 0 bridgehead atoms. The van der Waals surface area contributed by atoms with Crippen molar-refractivity contribution in [1.29, 1.82) is 0 Å². The molecule has 3 rings (SSSR count). The molecule has 0 fully saturated rings. The lowest BCUT2D eigenvalue weighted by Crippen LogP contribution is -2.39. The van der Waals surface area contributed by atoms with Crippen molar-refractivity contribution < 1.29 is 22.7 Å². The molecule has 0 unspecified atom stereocenters. The van der Waals surface area contributed by atoms with Crippen LogP contribution in [0, 0.1) is 0 Å². The number of halogens is 1. The van der Waals surface area contributed by atoms with E-state index in [-0.39, 0.29) is 0 Å². The van der Waals surface area contributed by atoms with Crippen LogP contribution in [0.15, 0.2) is 52.0 Å². The van der Waals surface area contributed by atoms with Crippen LogP contribution in [0.1, 0.15) is 5.56 Å². The van der Waals surface area contributed by atoms with E-state index in [1.807, 2.05) is 0 Å². The van der Waals surface area contributed by atoms with Crippen molar-refractivity contribution in [2.24, 2.45) is 5.10 Å². The van der Waals surface area contributed by atoms with Gasteiger partial charge in [0.15, 0.2) is 11.5 Å². The van der Waals surface area contributed by atoms with E-state index in [4.69, 9.17) is 9.47 Å². The number of hydrogen-bond acceptors (Lipinski definition) is 6. The second-order valence-electron chi connectivity index (χ2n) is 5.91. The number of amides is 1. The number of anilines is 1. The maximum absolute atomic E-state index is 12.2. The van der Waals surface area contributed by atoms with Gasteiger partial charge in [-0.3, -0.25) is 9.10 Å². The molecule has 10 heteroatoms. The van der Waals surface area contributed by atoms with E-state index >= 15 is 0 Å². The summed E-state index contributed by atoms with van der Waals surface area (Å²) in [6.07, 6.45) is 2.47. The van der Waals surface area contributed by atoms with Gasteiger partial charge in [-0.15, -0.1) is 0 Å². The van der Waals surface area contributed by atoms with E-state index in [0.29, 0.717) is 40.4 Å². The number of para-hydroxylation sites is 1. The number of nitrogens with one attached hydrogen (secondary N) is 1. The van der Waals surface area contributed by atoms with E-state index < -0.39 is 22.5 Å². The Morgan fingerprint density at radius 3 is 2.75 bits per heavy atom. The van der Waals surface area contributed by atoms with Crippen molar-refractivity contribution in [3.05, 3.63) is 52.5 Å². The molecule has 0 saturated carbocycles. The Morgan fingerprint density at radius 1 is 1.25 bits per heavy atom. The first-order chi connectivity index (χ1) is 13.3. The molecule has 1 amide bonds. The van der Waals surface area contributed by atoms with E-state index in [1.54, 1.807) is 42.5 Å². The van der Waals surface area contributed by atoms with Crippen LogP contribution in [0.25, 0.3) is 0 Å². The van der Waals surface area contributed by atoms with Crippen molar-refractivity contribution in [1.82, 2.24) is 5.43 Å². The van der Waals surface area contributed by atoms with Gasteiger partial charge < -0.3 is 9.47 Å². The van der Waals surface area contributed by atoms with Crippen LogP contribution >= 0.6 is 15.9 Å². The minimum absolute atomic E-state index is 0.374. The number of nitrogens with zero attached hydrogens (tertiary/aromatic N) is 2. The maximum Gasteiger partial charge on any atom is 0.260 e. The van der Waals surface area contributed by atoms with Crippen molar-refractivity contribution in [3.8, 4) is 11.5 Å². The SMILES string of the molecule is CS(=O)(=O)N(CC(=O)N/N=C\c1cccc2c1OCCO2)c1cccc(Br)c1. The molecular formula is C18H18BrN3O5S. The molecule has 0 saturated heterocycles. The van der Waals surface area contributed by atoms with Gasteiger partial charge in [0, 0.05) is 10.0 Å². The second-order valence-corrected chi connectivity index (χ2v) is 8.74. The molecule has 1 heterocycles. The summed E-state index contributed by atoms with van der Waals surface area (Å²) in [5.74, 6) is 0.585. The van der Waals surface area contributed by atoms with Gasteiger partial charge in [0.2, 0.25) is 10.0 Å². The summed E-state index contributed by atoms with van der Waals surface area (Å²) in [5, 5.41) is 3.91. The zero-order chi connectivity index (χ0) is 20.1. The highest BCUT2D eigenvalue weighted by Gasteiger charge is 2.21. The topological polar surface area (TPSA) is 97.3 Å². The van der Waals surface area contributed by atoms with Gasteiger partial charge in [-0.05, 0) is 30.3 Å². The number of carbonyl (C=O) groups excluding carboxylic acids is 1. The Bertz CT molecular complexity index is 1010. The molecule has 0 radical (unpaired) electrons. The number of sulfonamides is 1. The summed E-state index contributed by atoms with van der Waals surface area (Å²) in [5.41, 5.74) is 3.36. The quantitative estimate of drug-likeness (QED) is 0.518. The lowest BCUT2D eigenvalue weighted by molar-refractivity contribution is -0.119. The van der Waals surface area contributed by atoms with Crippen LogP contribution in [-0.2, 0) is 14.8 Å². The summed E-state index contributed by atoms with van der Waals surface area (Å²) in [7, 11) is -3.66. The number of rotatable bonds is 6. The number of hydrogen-bond donors (Lipinski definition) is 1. The van der Waals surface area contributed by atoms with E-state index in [2.05, 4.69) is 26.5 Å². The van der Waals surface area contributed by atoms with Gasteiger partial charge in [0.25, 0.3) is 5.91 Å². The van der Waals surface area contributed by atoms with Crippen LogP contribution in [-0.4, -0.2) is 46.6 Å². The molecule has 0 aromatic heterocycles. The highest BCUT2D eigenvalue weighted by molar-refractivity contribution is 9.10. The molecule has 2 aromatic rings. The summed E-state index contributed by atoms with van der Waals surface area (Å²) in [4.78, 5) is 12.2. The Labute approximate surface area is 171 Å². The minimum Gasteiger partial charge on any atom is -0.486 e. The van der Waals surface area contributed by atoms with E-state index in [1.165, 1.54) is 6.21 Å². The second kappa shape index (κ2) is 8.61. The Hall–Kier alpha value is -2.59. The van der Waals surface area contributed by atoms with Crippen molar-refractivity contribution in [3.63, 3.8) is 0 Å². The molecule has 1 aliphatic heterocycles. The van der Waals surface area contributed by atoms with E-state index in [0.717, 1.165) is 10.6 Å². The lowest BCUT2D eigenvalue weighted by atomic mass is 10.2. The first-order valence-electron chi connectivity index (χ1n) is 8.28. The fourth-order valence-corrected chi connectivity index (χ4v) is 3.80. The molecule has 1 N–H and O–H groups in total. The van der Waals surface area contributed by atoms with Gasteiger partial charge >= 0.3 is 0 Å². The highest BCUT2D eigenvalue weighted by atomic mass is 79.9. The molecular weight excluding hydrogens is 450 g/mol. The molecule has 148 valence electrons. The third kappa shape index (κ3) is 5.02. The molecule has 8 nitrogen and oxygen atoms in total. The van der Waals surface area contributed by atoms with Gasteiger partial charge in [-0.25, -0.2) is 13.8 Å². The summed E-state index contributed by atoms with van der Waals surface area (Å²) < 4.78 is 37.0. The fourth-order valence-electron chi connectivity index (χ4n) is 2.57. The minimum atomic E-state index is -3.66. The van der Waals surface area contributed by atoms with E-state index in [9.17, 15) is 13.2 Å². The first-order valence-corrected chi connectivity index (χ1v) is 10.9. The first kappa shape index (κ1) is 20.2. The van der Waals surface area contributed by atoms with Crippen molar-refractivity contribution in [2.75, 3.05) is 30.3 Å². The Balaban J connectivity index is 1.70. The van der Waals surface area contributed by atoms with Crippen LogP contribution in [0.2, 0.25) is 0 Å². The highest BCUT2D eigenvalue weighted by Crippen LogP contribution is 2.32. The number of hydrazone groups is 1. The standard InChI is InChI=1S/C18H18BrN3O5S/c1-28(24,25)22(15-6-3-5-14(19)10-15)12-17(23)21-20-11-13-4-2-7-16-18(13)27-9-8-26-16/h2-7,10-11H,8-9,12H2,1H3,(H,21,23)/b20-11-. The van der Waals surface area contributed by atoms with Gasteiger partial charge in [0.1, 0.15) is 19.8 Å². The number of ether oxygens (including phenoxy) is 2. The summed E-state index contributed by atoms with van der Waals surface area (Å²) in [6, 6.07) is 12.0. The summed E-state index contributed by atoms with van der Waals surface area (Å²) >= 11 is 3.29. The fraction of sp³-hybridized carbons (Fsp3) is 0.222. The normalized spacial score (nSPS) is 13.4. The summed E-state index contributed by atoms with van der Waals surface area (Å²) in [6.45, 7) is 0.501. The van der Waals surface area contributed by atoms with Gasteiger partial charge in [0.05, 0.1) is 18.2 Å². The van der Waals surface area contributed by atoms with Crippen LogP contribution < -0.4 is 19.2 Å². The molecule has 0 spiro atoms. The third-order valence-electron chi connectivity index (χ3n) is 3.77. The zero-order valence-corrected chi connectivity index (χ0v) is 17.4. The predicted molar refractivity (Wildman–Crippen MR) is 110 cm³/mol. The smallest absolute Gasteiger partial charge is 0.260 e.